The van der Waals surface area contributed by atoms with Gasteiger partial charge in [0.15, 0.2) is 0 Å². The number of nitriles is 1. The molecule has 0 saturated heterocycles. The molecule has 0 saturated carbocycles. The second-order valence-corrected chi connectivity index (χ2v) is 8.26. The molecular weight excluding hydrogens is 386 g/mol. The summed E-state index contributed by atoms with van der Waals surface area (Å²) in [6, 6.07) is 19.5. The number of hydrogen-bond acceptors (Lipinski definition) is 4. The van der Waals surface area contributed by atoms with Crippen LogP contribution in [0.4, 0.5) is 11.4 Å². The first kappa shape index (κ1) is 20.1. The van der Waals surface area contributed by atoms with Crippen LogP contribution in [-0.4, -0.2) is 14.3 Å². The van der Waals surface area contributed by atoms with Gasteiger partial charge in [-0.15, -0.1) is 0 Å². The quantitative estimate of drug-likeness (QED) is 0.663. The summed E-state index contributed by atoms with van der Waals surface area (Å²) in [7, 11) is -3.77. The molecule has 0 unspecified atom stereocenters. The summed E-state index contributed by atoms with van der Waals surface area (Å²) in [5.41, 5.74) is 3.76. The number of nitrogens with zero attached hydrogens (tertiary/aromatic N) is 1. The molecule has 0 fully saturated rings. The fraction of sp³-hybridized carbons (Fsp3) is 0.0909. The first-order valence-corrected chi connectivity index (χ1v) is 10.3. The molecular formula is C22H19N3O3S. The highest BCUT2D eigenvalue weighted by atomic mass is 32.2. The number of hydrogen-bond donors (Lipinski definition) is 2. The van der Waals surface area contributed by atoms with Crippen LogP contribution in [0.3, 0.4) is 0 Å². The number of anilines is 2. The molecule has 0 bridgehead atoms. The molecule has 0 heterocycles. The van der Waals surface area contributed by atoms with Gasteiger partial charge in [-0.2, -0.15) is 5.26 Å². The summed E-state index contributed by atoms with van der Waals surface area (Å²) in [4.78, 5) is 12.4. The van der Waals surface area contributed by atoms with E-state index in [-0.39, 0.29) is 4.90 Å². The van der Waals surface area contributed by atoms with E-state index in [2.05, 4.69) is 10.0 Å². The van der Waals surface area contributed by atoms with E-state index in [1.807, 2.05) is 26.0 Å². The minimum Gasteiger partial charge on any atom is -0.322 e. The van der Waals surface area contributed by atoms with Crippen LogP contribution in [0.1, 0.15) is 27.0 Å². The maximum absolute atomic E-state index is 12.6. The van der Waals surface area contributed by atoms with Gasteiger partial charge in [-0.25, -0.2) is 8.42 Å². The molecule has 146 valence electrons. The molecule has 3 aromatic carbocycles. The highest BCUT2D eigenvalue weighted by Gasteiger charge is 2.16. The van der Waals surface area contributed by atoms with Crippen molar-refractivity contribution < 1.29 is 13.2 Å². The molecule has 0 aliphatic rings. The average Bonchev–Trinajstić information content (AvgIpc) is 2.71. The van der Waals surface area contributed by atoms with Crippen LogP contribution < -0.4 is 10.0 Å². The maximum atomic E-state index is 12.6. The molecule has 6 nitrogen and oxygen atoms in total. The summed E-state index contributed by atoms with van der Waals surface area (Å²) >= 11 is 0. The number of rotatable bonds is 5. The number of carbonyl (C=O) groups excluding carboxylic acids is 1. The van der Waals surface area contributed by atoms with E-state index in [1.165, 1.54) is 24.3 Å². The van der Waals surface area contributed by atoms with E-state index >= 15 is 0 Å². The number of nitrogens with one attached hydrogen (secondary N) is 2. The van der Waals surface area contributed by atoms with Gasteiger partial charge in [0.05, 0.1) is 16.5 Å². The molecule has 3 aromatic rings. The molecule has 3 rings (SSSR count). The normalized spacial score (nSPS) is 10.8. The fourth-order valence-corrected chi connectivity index (χ4v) is 3.72. The lowest BCUT2D eigenvalue weighted by Gasteiger charge is -2.11. The lowest BCUT2D eigenvalue weighted by molar-refractivity contribution is 0.102. The molecule has 0 radical (unpaired) electrons. The number of carbonyl (C=O) groups is 1. The van der Waals surface area contributed by atoms with Gasteiger partial charge in [0.1, 0.15) is 0 Å². The Bertz CT molecular complexity index is 1210. The number of amides is 1. The van der Waals surface area contributed by atoms with Crippen LogP contribution >= 0.6 is 0 Å². The lowest BCUT2D eigenvalue weighted by Crippen LogP contribution is -2.15. The van der Waals surface area contributed by atoms with Crippen molar-refractivity contribution in [2.45, 2.75) is 18.7 Å². The smallest absolute Gasteiger partial charge is 0.261 e. The molecule has 1 amide bonds. The van der Waals surface area contributed by atoms with E-state index in [4.69, 9.17) is 5.26 Å². The van der Waals surface area contributed by atoms with Gasteiger partial charge < -0.3 is 5.32 Å². The molecule has 0 aromatic heterocycles. The van der Waals surface area contributed by atoms with Crippen molar-refractivity contribution in [2.75, 3.05) is 10.0 Å². The van der Waals surface area contributed by atoms with Gasteiger partial charge >= 0.3 is 0 Å². The maximum Gasteiger partial charge on any atom is 0.261 e. The molecule has 7 heteroatoms. The molecule has 0 atom stereocenters. The third kappa shape index (κ3) is 4.81. The second-order valence-electron chi connectivity index (χ2n) is 6.58. The Morgan fingerprint density at radius 3 is 2.28 bits per heavy atom. The van der Waals surface area contributed by atoms with Gasteiger partial charge in [0.2, 0.25) is 0 Å². The van der Waals surface area contributed by atoms with Crippen LogP contribution in [0, 0.1) is 25.2 Å². The second kappa shape index (κ2) is 8.17. The topological polar surface area (TPSA) is 99.1 Å². The summed E-state index contributed by atoms with van der Waals surface area (Å²) < 4.78 is 27.7. The van der Waals surface area contributed by atoms with Crippen LogP contribution in [0.2, 0.25) is 0 Å². The van der Waals surface area contributed by atoms with Gasteiger partial charge in [-0.05, 0) is 79.6 Å². The van der Waals surface area contributed by atoms with Crippen LogP contribution in [0.25, 0.3) is 0 Å². The Morgan fingerprint density at radius 2 is 1.62 bits per heavy atom. The van der Waals surface area contributed by atoms with Crippen molar-refractivity contribution >= 4 is 27.3 Å². The highest BCUT2D eigenvalue weighted by Crippen LogP contribution is 2.20. The molecule has 0 aliphatic carbocycles. The Hall–Kier alpha value is -3.63. The summed E-state index contributed by atoms with van der Waals surface area (Å²) in [6.07, 6.45) is 0. The first-order valence-electron chi connectivity index (χ1n) is 8.80. The Kier molecular flexibility index (Phi) is 5.66. The van der Waals surface area contributed by atoms with Crippen molar-refractivity contribution in [3.63, 3.8) is 0 Å². The SMILES string of the molecule is Cc1ccc(NS(=O)(=O)c2ccc(C(=O)Nc3cccc(C#N)c3)cc2)cc1C. The van der Waals surface area contributed by atoms with E-state index < -0.39 is 15.9 Å². The summed E-state index contributed by atoms with van der Waals surface area (Å²) in [5, 5.41) is 11.6. The standard InChI is InChI=1S/C22H19N3O3S/c1-15-6-9-20(12-16(15)2)25-29(27,28)21-10-7-18(8-11-21)22(26)24-19-5-3-4-17(13-19)14-23/h3-13,25H,1-2H3,(H,24,26). The Morgan fingerprint density at radius 1 is 0.897 bits per heavy atom. The van der Waals surface area contributed by atoms with Crippen molar-refractivity contribution in [3.05, 3.63) is 89.0 Å². The van der Waals surface area contributed by atoms with Crippen LogP contribution in [-0.2, 0) is 10.0 Å². The summed E-state index contributed by atoms with van der Waals surface area (Å²) in [6.45, 7) is 3.86. The van der Waals surface area contributed by atoms with Gasteiger partial charge in [-0.3, -0.25) is 9.52 Å². The van der Waals surface area contributed by atoms with Crippen molar-refractivity contribution in [1.82, 2.24) is 0 Å². The van der Waals surface area contributed by atoms with Gasteiger partial charge in [0.25, 0.3) is 15.9 Å². The Balaban J connectivity index is 1.75. The van der Waals surface area contributed by atoms with Crippen molar-refractivity contribution in [3.8, 4) is 6.07 Å². The minimum atomic E-state index is -3.77. The van der Waals surface area contributed by atoms with Crippen LogP contribution in [0.5, 0.6) is 0 Å². The highest BCUT2D eigenvalue weighted by molar-refractivity contribution is 7.92. The monoisotopic (exact) mass is 405 g/mol. The first-order chi connectivity index (χ1) is 13.8. The molecule has 2 N–H and O–H groups in total. The van der Waals surface area contributed by atoms with E-state index in [1.54, 1.807) is 36.4 Å². The van der Waals surface area contributed by atoms with Crippen molar-refractivity contribution in [2.24, 2.45) is 0 Å². The lowest BCUT2D eigenvalue weighted by atomic mass is 10.1. The average molecular weight is 405 g/mol. The molecule has 0 spiro atoms. The number of sulfonamides is 1. The largest absolute Gasteiger partial charge is 0.322 e. The van der Waals surface area contributed by atoms with E-state index in [0.29, 0.717) is 22.5 Å². The zero-order chi connectivity index (χ0) is 21.0. The molecule has 0 aliphatic heterocycles. The van der Waals surface area contributed by atoms with E-state index in [9.17, 15) is 13.2 Å². The van der Waals surface area contributed by atoms with Gasteiger partial charge in [0, 0.05) is 16.9 Å². The Labute approximate surface area is 169 Å². The third-order valence-corrected chi connectivity index (χ3v) is 5.83. The zero-order valence-electron chi connectivity index (χ0n) is 15.9. The predicted octanol–water partition coefficient (Wildman–Crippen LogP) is 4.23. The number of aryl methyl sites for hydroxylation is 2. The van der Waals surface area contributed by atoms with Crippen LogP contribution in [0.15, 0.2) is 71.6 Å². The minimum absolute atomic E-state index is 0.0544. The van der Waals surface area contributed by atoms with E-state index in [0.717, 1.165) is 11.1 Å². The molecule has 29 heavy (non-hydrogen) atoms. The number of benzene rings is 3. The van der Waals surface area contributed by atoms with Crippen molar-refractivity contribution in [1.29, 1.82) is 5.26 Å². The third-order valence-electron chi connectivity index (χ3n) is 4.44. The fourth-order valence-electron chi connectivity index (χ4n) is 2.67. The predicted molar refractivity (Wildman–Crippen MR) is 112 cm³/mol. The van der Waals surface area contributed by atoms with Gasteiger partial charge in [-0.1, -0.05) is 12.1 Å². The zero-order valence-corrected chi connectivity index (χ0v) is 16.7. The summed E-state index contributed by atoms with van der Waals surface area (Å²) in [5.74, 6) is -0.397.